The molecule has 0 aromatic carbocycles. The van der Waals surface area contributed by atoms with Gasteiger partial charge in [-0.25, -0.2) is 13.6 Å². The topological polar surface area (TPSA) is 98.5 Å². The van der Waals surface area contributed by atoms with Crippen molar-refractivity contribution in [2.24, 2.45) is 11.1 Å². The second kappa shape index (κ2) is 7.54. The molecule has 2 unspecified atom stereocenters. The summed E-state index contributed by atoms with van der Waals surface area (Å²) in [7, 11) is -3.75. The molecular formula is C14H22N2O4S2. The van der Waals surface area contributed by atoms with Crippen LogP contribution in [-0.2, 0) is 14.8 Å². The standard InChI is InChI=1S/C14H22N2O4S2/c1-10-4-2-3-5-12(10)20-7-6-16-14(17)11-8-13(21-9-11)22(15,18)19/h8-10,12H,2-7H2,1H3,(H,16,17)(H2,15,18,19). The second-order valence-corrected chi connectivity index (χ2v) is 8.33. The molecule has 3 N–H and O–H groups in total. The molecule has 2 rings (SSSR count). The van der Waals surface area contributed by atoms with Gasteiger partial charge < -0.3 is 10.1 Å². The summed E-state index contributed by atoms with van der Waals surface area (Å²) in [6, 6.07) is 1.29. The van der Waals surface area contributed by atoms with Gasteiger partial charge in [-0.2, -0.15) is 0 Å². The molecule has 0 spiro atoms. The largest absolute Gasteiger partial charge is 0.376 e. The summed E-state index contributed by atoms with van der Waals surface area (Å²) in [5.74, 6) is 0.255. The van der Waals surface area contributed by atoms with Crippen LogP contribution in [-0.4, -0.2) is 33.6 Å². The van der Waals surface area contributed by atoms with Crippen molar-refractivity contribution in [3.8, 4) is 0 Å². The van der Waals surface area contributed by atoms with Gasteiger partial charge >= 0.3 is 0 Å². The fraction of sp³-hybridized carbons (Fsp3) is 0.643. The summed E-state index contributed by atoms with van der Waals surface area (Å²) in [4.78, 5) is 11.9. The van der Waals surface area contributed by atoms with E-state index in [1.165, 1.54) is 30.7 Å². The van der Waals surface area contributed by atoms with Crippen molar-refractivity contribution in [2.75, 3.05) is 13.2 Å². The van der Waals surface area contributed by atoms with E-state index in [2.05, 4.69) is 12.2 Å². The van der Waals surface area contributed by atoms with E-state index in [-0.39, 0.29) is 16.2 Å². The Kier molecular flexibility index (Phi) is 5.96. The summed E-state index contributed by atoms with van der Waals surface area (Å²) in [6.07, 6.45) is 5.02. The molecule has 0 radical (unpaired) electrons. The number of carbonyl (C=O) groups excluding carboxylic acids is 1. The maximum atomic E-state index is 11.9. The fourth-order valence-electron chi connectivity index (χ4n) is 2.59. The Labute approximate surface area is 135 Å². The van der Waals surface area contributed by atoms with Gasteiger partial charge in [0.25, 0.3) is 5.91 Å². The van der Waals surface area contributed by atoms with E-state index in [9.17, 15) is 13.2 Å². The normalized spacial score (nSPS) is 22.5. The average Bonchev–Trinajstić information content (AvgIpc) is 2.95. The van der Waals surface area contributed by atoms with Crippen LogP contribution >= 0.6 is 11.3 Å². The molecule has 2 atom stereocenters. The second-order valence-electron chi connectivity index (χ2n) is 5.63. The van der Waals surface area contributed by atoms with E-state index in [1.54, 1.807) is 0 Å². The van der Waals surface area contributed by atoms with Gasteiger partial charge in [0.1, 0.15) is 4.21 Å². The zero-order valence-electron chi connectivity index (χ0n) is 12.6. The summed E-state index contributed by atoms with van der Waals surface area (Å²) in [6.45, 7) is 3.07. The number of carbonyl (C=O) groups is 1. The van der Waals surface area contributed by atoms with E-state index in [0.717, 1.165) is 17.8 Å². The molecule has 8 heteroatoms. The van der Waals surface area contributed by atoms with Crippen LogP contribution < -0.4 is 10.5 Å². The highest BCUT2D eigenvalue weighted by Crippen LogP contribution is 2.26. The number of primary sulfonamides is 1. The number of hydrogen-bond acceptors (Lipinski definition) is 5. The van der Waals surface area contributed by atoms with Crippen molar-refractivity contribution in [2.45, 2.75) is 42.9 Å². The van der Waals surface area contributed by atoms with Crippen LogP contribution in [0.1, 0.15) is 43.0 Å². The summed E-state index contributed by atoms with van der Waals surface area (Å²) >= 11 is 0.942. The van der Waals surface area contributed by atoms with E-state index < -0.39 is 10.0 Å². The van der Waals surface area contributed by atoms with Crippen LogP contribution in [0.15, 0.2) is 15.7 Å². The predicted molar refractivity (Wildman–Crippen MR) is 85.4 cm³/mol. The van der Waals surface area contributed by atoms with E-state index in [0.29, 0.717) is 24.6 Å². The van der Waals surface area contributed by atoms with E-state index in [4.69, 9.17) is 9.88 Å². The fourth-order valence-corrected chi connectivity index (χ4v) is 4.18. The van der Waals surface area contributed by atoms with Crippen LogP contribution in [0, 0.1) is 5.92 Å². The highest BCUT2D eigenvalue weighted by Gasteiger charge is 2.21. The number of nitrogens with two attached hydrogens (primary N) is 1. The monoisotopic (exact) mass is 346 g/mol. The number of rotatable bonds is 6. The molecular weight excluding hydrogens is 324 g/mol. The Bertz CT molecular complexity index is 612. The SMILES string of the molecule is CC1CCCCC1OCCNC(=O)c1csc(S(N)(=O)=O)c1. The zero-order valence-corrected chi connectivity index (χ0v) is 14.2. The molecule has 0 bridgehead atoms. The zero-order chi connectivity index (χ0) is 16.2. The van der Waals surface area contributed by atoms with Gasteiger partial charge in [0, 0.05) is 11.9 Å². The lowest BCUT2D eigenvalue weighted by molar-refractivity contribution is -0.00293. The quantitative estimate of drug-likeness (QED) is 0.766. The van der Waals surface area contributed by atoms with Crippen molar-refractivity contribution >= 4 is 27.3 Å². The van der Waals surface area contributed by atoms with Gasteiger partial charge in [0.2, 0.25) is 10.0 Å². The maximum Gasteiger partial charge on any atom is 0.252 e. The first-order valence-corrected chi connectivity index (χ1v) is 9.81. The Morgan fingerprint density at radius 2 is 2.18 bits per heavy atom. The molecule has 1 heterocycles. The van der Waals surface area contributed by atoms with Crippen LogP contribution in [0.5, 0.6) is 0 Å². The molecule has 0 saturated heterocycles. The summed E-state index contributed by atoms with van der Waals surface area (Å²) < 4.78 is 28.1. The van der Waals surface area contributed by atoms with Gasteiger partial charge in [-0.15, -0.1) is 11.3 Å². The predicted octanol–water partition coefficient (Wildman–Crippen LogP) is 1.72. The minimum atomic E-state index is -3.75. The molecule has 1 aliphatic rings. The van der Waals surface area contributed by atoms with Crippen molar-refractivity contribution in [3.63, 3.8) is 0 Å². The molecule has 1 aromatic heterocycles. The molecule has 124 valence electrons. The van der Waals surface area contributed by atoms with Crippen LogP contribution in [0.25, 0.3) is 0 Å². The number of sulfonamides is 1. The van der Waals surface area contributed by atoms with Gasteiger partial charge in [-0.1, -0.05) is 19.8 Å². The molecule has 0 aliphatic heterocycles. The lowest BCUT2D eigenvalue weighted by Gasteiger charge is -2.28. The van der Waals surface area contributed by atoms with Gasteiger partial charge in [0.15, 0.2) is 0 Å². The molecule has 6 nitrogen and oxygen atoms in total. The average molecular weight is 346 g/mol. The first kappa shape index (κ1) is 17.4. The van der Waals surface area contributed by atoms with Gasteiger partial charge in [-0.05, 0) is 24.8 Å². The Morgan fingerprint density at radius 1 is 1.45 bits per heavy atom. The van der Waals surface area contributed by atoms with Gasteiger partial charge in [-0.3, -0.25) is 4.79 Å². The minimum Gasteiger partial charge on any atom is -0.376 e. The lowest BCUT2D eigenvalue weighted by atomic mass is 9.88. The number of amides is 1. The Hall–Kier alpha value is -0.960. The highest BCUT2D eigenvalue weighted by atomic mass is 32.2. The summed E-state index contributed by atoms with van der Waals surface area (Å²) in [5.41, 5.74) is 0.306. The minimum absolute atomic E-state index is 0.00932. The Balaban J connectivity index is 1.75. The molecule has 1 aromatic rings. The van der Waals surface area contributed by atoms with Crippen molar-refractivity contribution in [1.82, 2.24) is 5.32 Å². The smallest absolute Gasteiger partial charge is 0.252 e. The third-order valence-corrected chi connectivity index (χ3v) is 6.26. The number of ether oxygens (including phenoxy) is 1. The molecule has 1 aliphatic carbocycles. The van der Waals surface area contributed by atoms with Crippen LogP contribution in [0.4, 0.5) is 0 Å². The van der Waals surface area contributed by atoms with E-state index >= 15 is 0 Å². The van der Waals surface area contributed by atoms with Crippen LogP contribution in [0.2, 0.25) is 0 Å². The van der Waals surface area contributed by atoms with E-state index in [1.807, 2.05) is 0 Å². The van der Waals surface area contributed by atoms with Crippen molar-refractivity contribution in [3.05, 3.63) is 17.0 Å². The first-order valence-electron chi connectivity index (χ1n) is 7.39. The van der Waals surface area contributed by atoms with Crippen molar-refractivity contribution < 1.29 is 17.9 Å². The number of nitrogens with one attached hydrogen (secondary N) is 1. The first-order chi connectivity index (χ1) is 10.4. The number of thiophene rings is 1. The molecule has 22 heavy (non-hydrogen) atoms. The van der Waals surface area contributed by atoms with Crippen molar-refractivity contribution in [1.29, 1.82) is 0 Å². The Morgan fingerprint density at radius 3 is 2.82 bits per heavy atom. The summed E-state index contributed by atoms with van der Waals surface area (Å²) in [5, 5.41) is 9.23. The lowest BCUT2D eigenvalue weighted by Crippen LogP contribution is -2.31. The molecule has 1 fully saturated rings. The number of hydrogen-bond donors (Lipinski definition) is 2. The maximum absolute atomic E-state index is 11.9. The van der Waals surface area contributed by atoms with Gasteiger partial charge in [0.05, 0.1) is 18.3 Å². The molecule has 1 saturated carbocycles. The third-order valence-electron chi connectivity index (χ3n) is 3.87. The van der Waals surface area contributed by atoms with Crippen LogP contribution in [0.3, 0.4) is 0 Å². The highest BCUT2D eigenvalue weighted by molar-refractivity contribution is 7.91. The third kappa shape index (κ3) is 4.77. The molecule has 1 amide bonds.